The first-order valence-electron chi connectivity index (χ1n) is 3.22. The van der Waals surface area contributed by atoms with Crippen molar-refractivity contribution in [3.8, 4) is 0 Å². The molecular weight excluding hydrogens is 212 g/mol. The van der Waals surface area contributed by atoms with Crippen molar-refractivity contribution >= 4 is 28.0 Å². The van der Waals surface area contributed by atoms with Gasteiger partial charge in [0.25, 0.3) is 0 Å². The van der Waals surface area contributed by atoms with Gasteiger partial charge in [0, 0.05) is 6.42 Å². The van der Waals surface area contributed by atoms with E-state index in [0.29, 0.717) is 0 Å². The second kappa shape index (κ2) is 3.85. The summed E-state index contributed by atoms with van der Waals surface area (Å²) in [6.45, 7) is 5.64. The lowest BCUT2D eigenvalue weighted by molar-refractivity contribution is -0.146. The fourth-order valence-electron chi connectivity index (χ4n) is 0.597. The predicted molar refractivity (Wildman–Crippen MR) is 44.1 cm³/mol. The number of rotatable bonds is 2. The molecule has 0 atom stereocenters. The Hall–Kier alpha value is -0.380. The van der Waals surface area contributed by atoms with Crippen molar-refractivity contribution in [2.75, 3.05) is 0 Å². The van der Waals surface area contributed by atoms with E-state index in [0.717, 1.165) is 0 Å². The maximum Gasteiger partial charge on any atom is 0.386 e. The molecule has 4 heteroatoms. The number of ketones is 1. The van der Waals surface area contributed by atoms with Crippen LogP contribution in [0.15, 0.2) is 0 Å². The molecule has 0 N–H and O–H groups in total. The zero-order valence-electron chi connectivity index (χ0n) is 6.81. The van der Waals surface area contributed by atoms with Crippen LogP contribution in [-0.4, -0.2) is 11.8 Å². The molecule has 0 fully saturated rings. The molecule has 3 nitrogen and oxygen atoms in total. The number of halogens is 1. The van der Waals surface area contributed by atoms with Gasteiger partial charge in [-0.3, -0.25) is 4.79 Å². The van der Waals surface area contributed by atoms with Gasteiger partial charge in [-0.05, 0) is 5.41 Å². The average molecular weight is 223 g/mol. The Balaban J connectivity index is 3.99. The molecule has 0 aliphatic heterocycles. The summed E-state index contributed by atoms with van der Waals surface area (Å²) in [5.41, 5.74) is -0.168. The fourth-order valence-corrected chi connectivity index (χ4v) is 0.777. The molecule has 0 aromatic carbocycles. The summed E-state index contributed by atoms with van der Waals surface area (Å²) in [5.74, 6) is -1.34. The Kier molecular flexibility index (Phi) is 3.72. The smallest absolute Gasteiger partial charge is 0.378 e. The Morgan fingerprint density at radius 2 is 1.82 bits per heavy atom. The van der Waals surface area contributed by atoms with Crippen molar-refractivity contribution in [2.24, 2.45) is 5.41 Å². The predicted octanol–water partition coefficient (Wildman–Crippen LogP) is 1.84. The van der Waals surface area contributed by atoms with Crippen LogP contribution in [0.2, 0.25) is 0 Å². The van der Waals surface area contributed by atoms with E-state index in [1.54, 1.807) is 0 Å². The molecule has 0 radical (unpaired) electrons. The van der Waals surface area contributed by atoms with E-state index < -0.39 is 11.8 Å². The van der Waals surface area contributed by atoms with E-state index in [1.807, 2.05) is 20.8 Å². The zero-order chi connectivity index (χ0) is 9.07. The SMILES string of the molecule is CC(C)(C)CC(=O)C(=O)OBr. The molecule has 0 unspecified atom stereocenters. The maximum absolute atomic E-state index is 10.9. The summed E-state index contributed by atoms with van der Waals surface area (Å²) in [4.78, 5) is 21.5. The summed E-state index contributed by atoms with van der Waals surface area (Å²) < 4.78 is 4.08. The summed E-state index contributed by atoms with van der Waals surface area (Å²) >= 11 is 2.45. The second-order valence-corrected chi connectivity index (χ2v) is 3.85. The third-order valence-electron chi connectivity index (χ3n) is 0.989. The molecule has 0 saturated heterocycles. The van der Waals surface area contributed by atoms with Crippen LogP contribution in [-0.2, 0) is 13.4 Å². The van der Waals surface area contributed by atoms with Gasteiger partial charge in [-0.15, -0.1) is 0 Å². The van der Waals surface area contributed by atoms with Gasteiger partial charge in [0.05, 0.1) is 0 Å². The van der Waals surface area contributed by atoms with E-state index in [4.69, 9.17) is 0 Å². The molecule has 0 amide bonds. The lowest BCUT2D eigenvalue weighted by Gasteiger charge is -2.14. The summed E-state index contributed by atoms with van der Waals surface area (Å²) in [5, 5.41) is 0. The Bertz CT molecular complexity index is 169. The lowest BCUT2D eigenvalue weighted by atomic mass is 9.90. The molecule has 0 aromatic rings. The minimum absolute atomic E-state index is 0.168. The van der Waals surface area contributed by atoms with Gasteiger partial charge in [-0.25, -0.2) is 4.79 Å². The summed E-state index contributed by atoms with van der Waals surface area (Å²) in [6.07, 6.45) is 0.206. The van der Waals surface area contributed by atoms with Crippen molar-refractivity contribution in [3.05, 3.63) is 0 Å². The van der Waals surface area contributed by atoms with Gasteiger partial charge >= 0.3 is 5.97 Å². The van der Waals surface area contributed by atoms with Gasteiger partial charge in [0.2, 0.25) is 5.78 Å². The van der Waals surface area contributed by atoms with E-state index in [9.17, 15) is 9.59 Å². The van der Waals surface area contributed by atoms with Crippen LogP contribution in [0.5, 0.6) is 0 Å². The van der Waals surface area contributed by atoms with Crippen LogP contribution in [0.25, 0.3) is 0 Å². The van der Waals surface area contributed by atoms with Crippen molar-refractivity contribution < 1.29 is 13.4 Å². The van der Waals surface area contributed by atoms with E-state index in [1.165, 1.54) is 0 Å². The van der Waals surface area contributed by atoms with E-state index in [-0.39, 0.29) is 11.8 Å². The van der Waals surface area contributed by atoms with Gasteiger partial charge in [0.15, 0.2) is 16.3 Å². The highest BCUT2D eigenvalue weighted by atomic mass is 79.9. The second-order valence-electron chi connectivity index (χ2n) is 3.53. The van der Waals surface area contributed by atoms with Crippen LogP contribution in [0.4, 0.5) is 0 Å². The normalized spacial score (nSPS) is 10.9. The molecule has 64 valence electrons. The van der Waals surface area contributed by atoms with Gasteiger partial charge < -0.3 is 3.83 Å². The fraction of sp³-hybridized carbons (Fsp3) is 0.714. The molecule has 0 spiro atoms. The molecule has 0 rings (SSSR count). The quantitative estimate of drug-likeness (QED) is 0.671. The number of carbonyl (C=O) groups is 2. The highest BCUT2D eigenvalue weighted by Gasteiger charge is 2.22. The highest BCUT2D eigenvalue weighted by molar-refractivity contribution is 9.06. The molecule has 0 aliphatic carbocycles. The van der Waals surface area contributed by atoms with Crippen LogP contribution in [0.3, 0.4) is 0 Å². The van der Waals surface area contributed by atoms with E-state index in [2.05, 4.69) is 20.1 Å². The Morgan fingerprint density at radius 3 is 2.09 bits per heavy atom. The van der Waals surface area contributed by atoms with Crippen LogP contribution in [0, 0.1) is 5.41 Å². The number of carbonyl (C=O) groups excluding carboxylic acids is 2. The average Bonchev–Trinajstić information content (AvgIpc) is 1.82. The topological polar surface area (TPSA) is 43.4 Å². The monoisotopic (exact) mass is 222 g/mol. The third-order valence-corrected chi connectivity index (χ3v) is 1.28. The Labute approximate surface area is 74.6 Å². The molecule has 0 heterocycles. The standard InChI is InChI=1S/C7H11BrO3/c1-7(2,3)4-5(9)6(10)11-8/h4H2,1-3H3. The molecule has 0 bridgehead atoms. The largest absolute Gasteiger partial charge is 0.386 e. The van der Waals surface area contributed by atoms with Crippen LogP contribution in [0.1, 0.15) is 27.2 Å². The maximum atomic E-state index is 10.9. The summed E-state index contributed by atoms with van der Waals surface area (Å²) in [6, 6.07) is 0. The minimum Gasteiger partial charge on any atom is -0.378 e. The first-order valence-corrected chi connectivity index (χ1v) is 3.87. The lowest BCUT2D eigenvalue weighted by Crippen LogP contribution is -2.20. The first-order chi connectivity index (χ1) is 4.87. The first kappa shape index (κ1) is 10.6. The van der Waals surface area contributed by atoms with Gasteiger partial charge in [-0.2, -0.15) is 0 Å². The molecule has 11 heavy (non-hydrogen) atoms. The molecule has 0 aromatic heterocycles. The molecular formula is C7H11BrO3. The van der Waals surface area contributed by atoms with Gasteiger partial charge in [-0.1, -0.05) is 20.8 Å². The minimum atomic E-state index is -0.833. The number of Topliss-reactive ketones (excluding diaryl/α,β-unsaturated/α-hetero) is 1. The summed E-state index contributed by atoms with van der Waals surface area (Å²) in [7, 11) is 0. The van der Waals surface area contributed by atoms with Crippen molar-refractivity contribution in [1.82, 2.24) is 0 Å². The number of hydrogen-bond acceptors (Lipinski definition) is 3. The molecule has 0 aliphatic rings. The van der Waals surface area contributed by atoms with Crippen molar-refractivity contribution in [3.63, 3.8) is 0 Å². The third kappa shape index (κ3) is 4.95. The van der Waals surface area contributed by atoms with Gasteiger partial charge in [0.1, 0.15) is 0 Å². The van der Waals surface area contributed by atoms with Crippen LogP contribution >= 0.6 is 16.3 Å². The molecule has 0 saturated carbocycles. The zero-order valence-corrected chi connectivity index (χ0v) is 8.40. The highest BCUT2D eigenvalue weighted by Crippen LogP contribution is 2.18. The van der Waals surface area contributed by atoms with Crippen molar-refractivity contribution in [2.45, 2.75) is 27.2 Å². The Morgan fingerprint density at radius 1 is 1.36 bits per heavy atom. The van der Waals surface area contributed by atoms with E-state index >= 15 is 0 Å². The van der Waals surface area contributed by atoms with Crippen LogP contribution < -0.4 is 0 Å². The number of hydrogen-bond donors (Lipinski definition) is 0. The van der Waals surface area contributed by atoms with Crippen molar-refractivity contribution in [1.29, 1.82) is 0 Å².